The summed E-state index contributed by atoms with van der Waals surface area (Å²) in [6, 6.07) is 4.88. The molecule has 2 aromatic rings. The molecule has 2 aliphatic rings. The molecule has 0 radical (unpaired) electrons. The third kappa shape index (κ3) is 2.86. The largest absolute Gasteiger partial charge is 0.463 e. The normalized spacial score (nSPS) is 26.2. The maximum Gasteiger partial charge on any atom is 0.270 e. The lowest BCUT2D eigenvalue weighted by atomic mass is 9.95. The first-order valence-electron chi connectivity index (χ1n) is 6.70. The number of carbonyl (C=O) groups excluding carboxylic acids is 1. The van der Waals surface area contributed by atoms with Gasteiger partial charge in [-0.05, 0) is 31.4 Å². The lowest BCUT2D eigenvalue weighted by molar-refractivity contribution is 0.0926. The number of nitrogens with zero attached hydrogens (tertiary/aromatic N) is 1. The van der Waals surface area contributed by atoms with Crippen LogP contribution in [0.3, 0.4) is 0 Å². The van der Waals surface area contributed by atoms with Crippen LogP contribution in [-0.2, 0) is 0 Å². The number of halogens is 2. The molecule has 2 aromatic heterocycles. The Kier molecular flexibility index (Phi) is 4.76. The van der Waals surface area contributed by atoms with E-state index in [4.69, 9.17) is 4.42 Å². The Labute approximate surface area is 134 Å². The molecule has 2 aliphatic heterocycles. The first kappa shape index (κ1) is 16.1. The number of fused-ring (bicyclic) bond motifs is 3. The quantitative estimate of drug-likeness (QED) is 0.887. The Balaban J connectivity index is 0.000000807. The van der Waals surface area contributed by atoms with Gasteiger partial charge >= 0.3 is 0 Å². The summed E-state index contributed by atoms with van der Waals surface area (Å²) < 4.78 is 5.22. The number of hydrogen-bond donors (Lipinski definition) is 2. The molecular weight excluding hydrogens is 313 g/mol. The van der Waals surface area contributed by atoms with Crippen LogP contribution in [0.15, 0.2) is 29.0 Å². The smallest absolute Gasteiger partial charge is 0.270 e. The van der Waals surface area contributed by atoms with E-state index in [1.807, 2.05) is 6.07 Å². The Bertz CT molecular complexity index is 646. The highest BCUT2D eigenvalue weighted by atomic mass is 35.5. The van der Waals surface area contributed by atoms with Gasteiger partial charge in [0.15, 0.2) is 5.58 Å². The SMILES string of the molecule is Cl.Cl.O=C(N[C@@H]1C[C@H]2CC[C@@H]1N2)c1cc2ccoc2cn1. The molecule has 0 unspecified atom stereocenters. The van der Waals surface area contributed by atoms with Gasteiger partial charge in [0, 0.05) is 23.5 Å². The van der Waals surface area contributed by atoms with Gasteiger partial charge in [-0.1, -0.05) is 0 Å². The number of aromatic nitrogens is 1. The molecule has 2 saturated heterocycles. The lowest BCUT2D eigenvalue weighted by Crippen LogP contribution is -2.43. The van der Waals surface area contributed by atoms with Gasteiger partial charge in [0.1, 0.15) is 5.69 Å². The molecule has 0 aromatic carbocycles. The van der Waals surface area contributed by atoms with Crippen LogP contribution in [0, 0.1) is 0 Å². The third-order valence-electron chi connectivity index (χ3n) is 4.19. The van der Waals surface area contributed by atoms with E-state index in [-0.39, 0.29) is 36.8 Å². The highest BCUT2D eigenvalue weighted by Crippen LogP contribution is 2.28. The van der Waals surface area contributed by atoms with Gasteiger partial charge in [-0.15, -0.1) is 24.8 Å². The zero-order valence-corrected chi connectivity index (χ0v) is 12.9. The number of pyridine rings is 1. The van der Waals surface area contributed by atoms with E-state index in [2.05, 4.69) is 15.6 Å². The highest BCUT2D eigenvalue weighted by Gasteiger charge is 2.39. The zero-order chi connectivity index (χ0) is 12.8. The molecule has 2 fully saturated rings. The van der Waals surface area contributed by atoms with Gasteiger partial charge in [0.25, 0.3) is 5.91 Å². The molecule has 3 atom stereocenters. The monoisotopic (exact) mass is 329 g/mol. The number of rotatable bonds is 2. The molecule has 0 saturated carbocycles. The minimum Gasteiger partial charge on any atom is -0.463 e. The number of amides is 1. The van der Waals surface area contributed by atoms with Crippen LogP contribution in [0.1, 0.15) is 29.8 Å². The van der Waals surface area contributed by atoms with Gasteiger partial charge < -0.3 is 15.1 Å². The summed E-state index contributed by atoms with van der Waals surface area (Å²) in [4.78, 5) is 16.4. The summed E-state index contributed by atoms with van der Waals surface area (Å²) in [7, 11) is 0. The average molecular weight is 330 g/mol. The van der Waals surface area contributed by atoms with Crippen molar-refractivity contribution in [2.75, 3.05) is 0 Å². The second-order valence-corrected chi connectivity index (χ2v) is 5.39. The molecule has 114 valence electrons. The summed E-state index contributed by atoms with van der Waals surface area (Å²) in [5, 5.41) is 7.51. The van der Waals surface area contributed by atoms with Crippen LogP contribution >= 0.6 is 24.8 Å². The van der Waals surface area contributed by atoms with E-state index in [0.29, 0.717) is 23.4 Å². The van der Waals surface area contributed by atoms with E-state index >= 15 is 0 Å². The molecule has 2 N–H and O–H groups in total. The van der Waals surface area contributed by atoms with Crippen LogP contribution in [0.25, 0.3) is 11.0 Å². The first-order valence-corrected chi connectivity index (χ1v) is 6.70. The summed E-state index contributed by atoms with van der Waals surface area (Å²) in [6.45, 7) is 0. The predicted octanol–water partition coefficient (Wildman–Crippen LogP) is 2.29. The van der Waals surface area contributed by atoms with Crippen LogP contribution in [-0.4, -0.2) is 29.0 Å². The zero-order valence-electron chi connectivity index (χ0n) is 11.2. The van der Waals surface area contributed by atoms with Crippen molar-refractivity contribution >= 4 is 41.7 Å². The molecule has 0 aliphatic carbocycles. The molecule has 5 nitrogen and oxygen atoms in total. The molecule has 4 rings (SSSR count). The van der Waals surface area contributed by atoms with Crippen LogP contribution < -0.4 is 10.6 Å². The van der Waals surface area contributed by atoms with Crippen molar-refractivity contribution in [3.8, 4) is 0 Å². The van der Waals surface area contributed by atoms with Gasteiger partial charge in [-0.25, -0.2) is 4.98 Å². The summed E-state index contributed by atoms with van der Waals surface area (Å²) in [6.07, 6.45) is 6.63. The van der Waals surface area contributed by atoms with E-state index in [0.717, 1.165) is 18.2 Å². The standard InChI is InChI=1S/C14H15N3O2.2ClH/c18-14(17-11-6-9-1-2-10(11)16-9)12-5-8-3-4-19-13(8)7-15-12;;/h3-5,7,9-11,16H,1-2,6H2,(H,17,18);2*1H/t9-,10+,11-;;/m1../s1. The summed E-state index contributed by atoms with van der Waals surface area (Å²) in [5.74, 6) is -0.0950. The van der Waals surface area contributed by atoms with Gasteiger partial charge in [-0.3, -0.25) is 4.79 Å². The van der Waals surface area contributed by atoms with Crippen LogP contribution in [0.2, 0.25) is 0 Å². The van der Waals surface area contributed by atoms with Crippen molar-refractivity contribution in [3.05, 3.63) is 30.3 Å². The fourth-order valence-electron chi connectivity index (χ4n) is 3.22. The second-order valence-electron chi connectivity index (χ2n) is 5.39. The molecule has 4 heterocycles. The Morgan fingerprint density at radius 2 is 2.24 bits per heavy atom. The fraction of sp³-hybridized carbons (Fsp3) is 0.429. The molecule has 1 amide bonds. The first-order chi connectivity index (χ1) is 9.29. The lowest BCUT2D eigenvalue weighted by Gasteiger charge is -2.21. The maximum atomic E-state index is 12.2. The van der Waals surface area contributed by atoms with E-state index in [1.54, 1.807) is 18.5 Å². The van der Waals surface area contributed by atoms with Crippen molar-refractivity contribution in [1.29, 1.82) is 0 Å². The van der Waals surface area contributed by atoms with Crippen LogP contribution in [0.5, 0.6) is 0 Å². The van der Waals surface area contributed by atoms with E-state index in [1.165, 1.54) is 6.42 Å². The highest BCUT2D eigenvalue weighted by molar-refractivity contribution is 5.95. The number of hydrogen-bond acceptors (Lipinski definition) is 4. The number of carbonyl (C=O) groups is 1. The van der Waals surface area contributed by atoms with Crippen molar-refractivity contribution < 1.29 is 9.21 Å². The van der Waals surface area contributed by atoms with Crippen molar-refractivity contribution in [3.63, 3.8) is 0 Å². The van der Waals surface area contributed by atoms with Crippen molar-refractivity contribution in [2.45, 2.75) is 37.4 Å². The number of furan rings is 1. The average Bonchev–Trinajstić information content (AvgIpc) is 3.13. The maximum absolute atomic E-state index is 12.2. The number of nitrogens with one attached hydrogen (secondary N) is 2. The summed E-state index contributed by atoms with van der Waals surface area (Å²) >= 11 is 0. The fourth-order valence-corrected chi connectivity index (χ4v) is 3.22. The Morgan fingerprint density at radius 3 is 2.95 bits per heavy atom. The van der Waals surface area contributed by atoms with Gasteiger partial charge in [0.05, 0.1) is 12.5 Å². The van der Waals surface area contributed by atoms with Crippen molar-refractivity contribution in [2.24, 2.45) is 0 Å². The minimum atomic E-state index is -0.0950. The third-order valence-corrected chi connectivity index (χ3v) is 4.19. The topological polar surface area (TPSA) is 67.2 Å². The molecule has 2 bridgehead atoms. The van der Waals surface area contributed by atoms with E-state index in [9.17, 15) is 4.79 Å². The Hall–Kier alpha value is -1.30. The van der Waals surface area contributed by atoms with Crippen LogP contribution in [0.4, 0.5) is 0 Å². The molecule has 0 spiro atoms. The van der Waals surface area contributed by atoms with Gasteiger partial charge in [-0.2, -0.15) is 0 Å². The summed E-state index contributed by atoms with van der Waals surface area (Å²) in [5.41, 5.74) is 1.16. The predicted molar refractivity (Wildman–Crippen MR) is 84.3 cm³/mol. The minimum absolute atomic E-state index is 0. The van der Waals surface area contributed by atoms with Gasteiger partial charge in [0.2, 0.25) is 0 Å². The molecule has 7 heteroatoms. The second kappa shape index (κ2) is 6.22. The Morgan fingerprint density at radius 1 is 1.38 bits per heavy atom. The van der Waals surface area contributed by atoms with E-state index < -0.39 is 0 Å². The van der Waals surface area contributed by atoms with Crippen molar-refractivity contribution in [1.82, 2.24) is 15.6 Å². The molecule has 21 heavy (non-hydrogen) atoms. The molecular formula is C14H17Cl2N3O2.